The molecule has 0 aliphatic heterocycles. The van der Waals surface area contributed by atoms with Crippen LogP contribution in [0.4, 0.5) is 10.5 Å². The highest BCUT2D eigenvalue weighted by atomic mass is 35.5. The van der Waals surface area contributed by atoms with Crippen LogP contribution >= 0.6 is 11.6 Å². The highest BCUT2D eigenvalue weighted by molar-refractivity contribution is 6.31. The lowest BCUT2D eigenvalue weighted by atomic mass is 10.0. The third-order valence-corrected chi connectivity index (χ3v) is 3.33. The number of benzene rings is 1. The fourth-order valence-electron chi connectivity index (χ4n) is 1.76. The zero-order valence-corrected chi connectivity index (χ0v) is 14.0. The summed E-state index contributed by atoms with van der Waals surface area (Å²) in [7, 11) is 0. The Hall–Kier alpha value is -1.75. The molecule has 0 bridgehead atoms. The van der Waals surface area contributed by atoms with E-state index >= 15 is 0 Å². The first kappa shape index (κ1) is 18.3. The monoisotopic (exact) mass is 327 g/mol. The standard InChI is InChI=1S/C16H22ClNO4/c1-10(14(19)20)5-6-11-9-12(7-8-13(11)17)18-15(21)22-16(2,3)4/h7-10H,5-6H2,1-4H3,(H,18,21)(H,19,20). The molecule has 1 atom stereocenters. The summed E-state index contributed by atoms with van der Waals surface area (Å²) in [5.41, 5.74) is 0.788. The van der Waals surface area contributed by atoms with Crippen LogP contribution < -0.4 is 5.32 Å². The summed E-state index contributed by atoms with van der Waals surface area (Å²) in [6.45, 7) is 7.01. The van der Waals surface area contributed by atoms with Crippen LogP contribution in [0.2, 0.25) is 5.02 Å². The van der Waals surface area contributed by atoms with Gasteiger partial charge in [0.25, 0.3) is 0 Å². The molecule has 0 radical (unpaired) electrons. The Morgan fingerprint density at radius 2 is 2.00 bits per heavy atom. The van der Waals surface area contributed by atoms with E-state index in [4.69, 9.17) is 21.4 Å². The number of ether oxygens (including phenoxy) is 1. The van der Waals surface area contributed by atoms with E-state index in [1.54, 1.807) is 45.9 Å². The molecule has 1 aromatic rings. The van der Waals surface area contributed by atoms with Crippen molar-refractivity contribution in [3.05, 3.63) is 28.8 Å². The number of aliphatic carboxylic acids is 1. The summed E-state index contributed by atoms with van der Waals surface area (Å²) in [6, 6.07) is 5.09. The Bertz CT molecular complexity index is 552. The number of hydrogen-bond donors (Lipinski definition) is 2. The van der Waals surface area contributed by atoms with Crippen molar-refractivity contribution < 1.29 is 19.4 Å². The molecule has 0 spiro atoms. The number of hydrogen-bond acceptors (Lipinski definition) is 3. The lowest BCUT2D eigenvalue weighted by Crippen LogP contribution is -2.27. The average molecular weight is 328 g/mol. The molecule has 5 nitrogen and oxygen atoms in total. The van der Waals surface area contributed by atoms with Gasteiger partial charge >= 0.3 is 12.1 Å². The van der Waals surface area contributed by atoms with Gasteiger partial charge in [0.1, 0.15) is 5.60 Å². The molecule has 0 aromatic heterocycles. The second-order valence-electron chi connectivity index (χ2n) is 6.21. The molecule has 1 aromatic carbocycles. The summed E-state index contributed by atoms with van der Waals surface area (Å²) < 4.78 is 5.18. The van der Waals surface area contributed by atoms with Crippen LogP contribution in [0.3, 0.4) is 0 Å². The van der Waals surface area contributed by atoms with E-state index < -0.39 is 23.6 Å². The molecular weight excluding hydrogens is 306 g/mol. The molecule has 1 rings (SSSR count). The summed E-state index contributed by atoms with van der Waals surface area (Å²) in [5.74, 6) is -1.28. The predicted molar refractivity (Wildman–Crippen MR) is 86.4 cm³/mol. The van der Waals surface area contributed by atoms with Crippen molar-refractivity contribution >= 4 is 29.4 Å². The first-order valence-electron chi connectivity index (χ1n) is 7.09. The van der Waals surface area contributed by atoms with E-state index in [0.29, 0.717) is 23.6 Å². The molecule has 0 heterocycles. The summed E-state index contributed by atoms with van der Waals surface area (Å²) in [4.78, 5) is 22.6. The van der Waals surface area contributed by atoms with E-state index in [1.165, 1.54) is 0 Å². The topological polar surface area (TPSA) is 75.6 Å². The van der Waals surface area contributed by atoms with Crippen molar-refractivity contribution in [2.75, 3.05) is 5.32 Å². The van der Waals surface area contributed by atoms with Gasteiger partial charge in [-0.3, -0.25) is 10.1 Å². The molecule has 0 saturated carbocycles. The van der Waals surface area contributed by atoms with E-state index in [9.17, 15) is 9.59 Å². The third-order valence-electron chi connectivity index (χ3n) is 2.96. The van der Waals surface area contributed by atoms with Crippen LogP contribution in [-0.2, 0) is 16.0 Å². The summed E-state index contributed by atoms with van der Waals surface area (Å²) in [6.07, 6.45) is 0.459. The maximum Gasteiger partial charge on any atom is 0.412 e. The molecule has 0 aliphatic rings. The molecule has 6 heteroatoms. The zero-order chi connectivity index (χ0) is 16.9. The number of anilines is 1. The fraction of sp³-hybridized carbons (Fsp3) is 0.500. The second-order valence-corrected chi connectivity index (χ2v) is 6.62. The van der Waals surface area contributed by atoms with Gasteiger partial charge in [-0.05, 0) is 57.4 Å². The van der Waals surface area contributed by atoms with Crippen LogP contribution in [0.25, 0.3) is 0 Å². The second kappa shape index (κ2) is 7.49. The zero-order valence-electron chi connectivity index (χ0n) is 13.3. The smallest absolute Gasteiger partial charge is 0.412 e. The minimum Gasteiger partial charge on any atom is -0.481 e. The average Bonchev–Trinajstić information content (AvgIpc) is 2.36. The SMILES string of the molecule is CC(CCc1cc(NC(=O)OC(C)(C)C)ccc1Cl)C(=O)O. The van der Waals surface area contributed by atoms with Crippen LogP contribution in [0, 0.1) is 5.92 Å². The Morgan fingerprint density at radius 3 is 2.55 bits per heavy atom. The largest absolute Gasteiger partial charge is 0.481 e. The number of carbonyl (C=O) groups excluding carboxylic acids is 1. The molecular formula is C16H22ClNO4. The lowest BCUT2D eigenvalue weighted by Gasteiger charge is -2.20. The normalized spacial score (nSPS) is 12.6. The van der Waals surface area contributed by atoms with Crippen molar-refractivity contribution in [2.45, 2.75) is 46.1 Å². The maximum atomic E-state index is 11.7. The quantitative estimate of drug-likeness (QED) is 0.843. The van der Waals surface area contributed by atoms with Gasteiger partial charge in [-0.1, -0.05) is 18.5 Å². The number of halogens is 1. The molecule has 0 fully saturated rings. The molecule has 22 heavy (non-hydrogen) atoms. The first-order chi connectivity index (χ1) is 10.1. The minimum absolute atomic E-state index is 0.446. The van der Waals surface area contributed by atoms with Gasteiger partial charge in [0, 0.05) is 10.7 Å². The van der Waals surface area contributed by atoms with Crippen LogP contribution in [0.15, 0.2) is 18.2 Å². The van der Waals surface area contributed by atoms with E-state index in [1.807, 2.05) is 0 Å². The van der Waals surface area contributed by atoms with E-state index in [2.05, 4.69) is 5.32 Å². The van der Waals surface area contributed by atoms with E-state index in [-0.39, 0.29) is 0 Å². The van der Waals surface area contributed by atoms with Crippen molar-refractivity contribution in [3.8, 4) is 0 Å². The van der Waals surface area contributed by atoms with Crippen LogP contribution in [-0.4, -0.2) is 22.8 Å². The molecule has 0 aliphatic carbocycles. The van der Waals surface area contributed by atoms with Crippen molar-refractivity contribution in [2.24, 2.45) is 5.92 Å². The van der Waals surface area contributed by atoms with Crippen LogP contribution in [0.5, 0.6) is 0 Å². The van der Waals surface area contributed by atoms with Crippen molar-refractivity contribution in [1.82, 2.24) is 0 Å². The number of aryl methyl sites for hydroxylation is 1. The Balaban J connectivity index is 2.73. The number of rotatable bonds is 5. The third kappa shape index (κ3) is 6.35. The highest BCUT2D eigenvalue weighted by Crippen LogP contribution is 2.23. The molecule has 2 N–H and O–H groups in total. The Kier molecular flexibility index (Phi) is 6.23. The summed E-state index contributed by atoms with van der Waals surface area (Å²) in [5, 5.41) is 12.1. The van der Waals surface area contributed by atoms with Gasteiger partial charge < -0.3 is 9.84 Å². The van der Waals surface area contributed by atoms with Crippen LogP contribution in [0.1, 0.15) is 39.7 Å². The van der Waals surface area contributed by atoms with Gasteiger partial charge in [0.2, 0.25) is 0 Å². The minimum atomic E-state index is -0.834. The summed E-state index contributed by atoms with van der Waals surface area (Å²) >= 11 is 6.11. The van der Waals surface area contributed by atoms with Gasteiger partial charge in [-0.2, -0.15) is 0 Å². The highest BCUT2D eigenvalue weighted by Gasteiger charge is 2.17. The fourth-order valence-corrected chi connectivity index (χ4v) is 1.97. The molecule has 122 valence electrons. The van der Waals surface area contributed by atoms with Gasteiger partial charge in [-0.25, -0.2) is 4.79 Å². The Labute approximate surface area is 135 Å². The first-order valence-corrected chi connectivity index (χ1v) is 7.47. The Morgan fingerprint density at radius 1 is 1.36 bits per heavy atom. The van der Waals surface area contributed by atoms with E-state index in [0.717, 1.165) is 5.56 Å². The number of carboxylic acid groups (broad SMARTS) is 1. The number of amides is 1. The number of carbonyl (C=O) groups is 2. The lowest BCUT2D eigenvalue weighted by molar-refractivity contribution is -0.141. The maximum absolute atomic E-state index is 11.7. The molecule has 1 unspecified atom stereocenters. The molecule has 0 saturated heterocycles. The number of nitrogens with one attached hydrogen (secondary N) is 1. The van der Waals surface area contributed by atoms with Crippen molar-refractivity contribution in [3.63, 3.8) is 0 Å². The number of carboxylic acids is 1. The van der Waals surface area contributed by atoms with Crippen molar-refractivity contribution in [1.29, 1.82) is 0 Å². The predicted octanol–water partition coefficient (Wildman–Crippen LogP) is 4.34. The molecule has 1 amide bonds. The van der Waals surface area contributed by atoms with Gasteiger partial charge in [0.15, 0.2) is 0 Å². The van der Waals surface area contributed by atoms with Gasteiger partial charge in [0.05, 0.1) is 5.92 Å². The van der Waals surface area contributed by atoms with Gasteiger partial charge in [-0.15, -0.1) is 0 Å².